The van der Waals surface area contributed by atoms with Crippen LogP contribution >= 0.6 is 11.6 Å². The van der Waals surface area contributed by atoms with Crippen molar-refractivity contribution in [3.05, 3.63) is 83.9 Å². The molecule has 4 N–H and O–H groups in total. The van der Waals surface area contributed by atoms with Crippen LogP contribution in [0.4, 0.5) is 10.5 Å². The van der Waals surface area contributed by atoms with Crippen LogP contribution in [0.2, 0.25) is 5.02 Å². The number of para-hydroxylation sites is 1. The van der Waals surface area contributed by atoms with Gasteiger partial charge in [-0.05, 0) is 36.4 Å². The molecule has 8 heteroatoms. The molecule has 0 aliphatic heterocycles. The topological polar surface area (TPSA) is 103 Å². The van der Waals surface area contributed by atoms with Crippen LogP contribution in [0.1, 0.15) is 19.7 Å². The van der Waals surface area contributed by atoms with Gasteiger partial charge in [0.05, 0.1) is 16.4 Å². The molecule has 4 rings (SSSR count). The number of phenolic OH excluding ortho intramolecular Hbond substituents is 1. The molecule has 0 atom stereocenters. The van der Waals surface area contributed by atoms with E-state index < -0.39 is 5.41 Å². The lowest BCUT2D eigenvalue weighted by Gasteiger charge is -2.22. The second-order valence-electron chi connectivity index (χ2n) is 8.27. The molecule has 0 aliphatic carbocycles. The van der Waals surface area contributed by atoms with Crippen LogP contribution in [0, 0.1) is 0 Å². The summed E-state index contributed by atoms with van der Waals surface area (Å²) in [5, 5.41) is 16.1. The van der Waals surface area contributed by atoms with Crippen LogP contribution < -0.4 is 10.6 Å². The zero-order valence-corrected chi connectivity index (χ0v) is 19.0. The molecule has 0 aliphatic rings. The number of carbonyl (C=O) groups excluding carboxylic acids is 1. The highest BCUT2D eigenvalue weighted by Crippen LogP contribution is 2.36. The van der Waals surface area contributed by atoms with E-state index in [-0.39, 0.29) is 16.8 Å². The molecule has 168 valence electrons. The van der Waals surface area contributed by atoms with Gasteiger partial charge in [0.2, 0.25) is 0 Å². The van der Waals surface area contributed by atoms with Crippen molar-refractivity contribution < 1.29 is 9.90 Å². The quantitative estimate of drug-likeness (QED) is 0.300. The van der Waals surface area contributed by atoms with Gasteiger partial charge < -0.3 is 20.7 Å². The van der Waals surface area contributed by atoms with E-state index in [4.69, 9.17) is 16.6 Å². The van der Waals surface area contributed by atoms with E-state index in [2.05, 4.69) is 20.6 Å². The van der Waals surface area contributed by atoms with Gasteiger partial charge in [-0.15, -0.1) is 0 Å². The Morgan fingerprint density at radius 3 is 2.48 bits per heavy atom. The number of hydrogen-bond acceptors (Lipinski definition) is 4. The summed E-state index contributed by atoms with van der Waals surface area (Å²) in [5.74, 6) is 0.677. The number of H-pyrrole nitrogens is 1. The summed E-state index contributed by atoms with van der Waals surface area (Å²) in [6.07, 6.45) is 3.42. The number of benzene rings is 2. The molecule has 0 fully saturated rings. The molecule has 0 saturated heterocycles. The van der Waals surface area contributed by atoms with Crippen LogP contribution in [0.5, 0.6) is 5.75 Å². The van der Waals surface area contributed by atoms with E-state index in [1.165, 1.54) is 0 Å². The molecular weight excluding hydrogens is 438 g/mol. The minimum atomic E-state index is -0.511. The SMILES string of the molecule is CC(C)(CNC(=O)Nc1ccccc1)c1nc(-c2ccc(Cl)c(O)c2)c(-c2ccncc2)[nH]1. The lowest BCUT2D eigenvalue weighted by molar-refractivity contribution is 0.249. The Hall–Kier alpha value is -3.84. The van der Waals surface area contributed by atoms with Gasteiger partial charge in [-0.1, -0.05) is 49.7 Å². The van der Waals surface area contributed by atoms with Gasteiger partial charge in [-0.2, -0.15) is 0 Å². The van der Waals surface area contributed by atoms with Gasteiger partial charge in [0.15, 0.2) is 0 Å². The summed E-state index contributed by atoms with van der Waals surface area (Å²) in [6, 6.07) is 17.8. The summed E-state index contributed by atoms with van der Waals surface area (Å²) in [4.78, 5) is 24.7. The van der Waals surface area contributed by atoms with Crippen molar-refractivity contribution in [1.82, 2.24) is 20.3 Å². The first-order chi connectivity index (χ1) is 15.8. The van der Waals surface area contributed by atoms with Crippen LogP contribution in [-0.2, 0) is 5.41 Å². The summed E-state index contributed by atoms with van der Waals surface area (Å²) in [6.45, 7) is 4.34. The number of nitrogens with zero attached hydrogens (tertiary/aromatic N) is 2. The summed E-state index contributed by atoms with van der Waals surface area (Å²) in [7, 11) is 0. The van der Waals surface area contributed by atoms with Crippen molar-refractivity contribution in [3.8, 4) is 28.3 Å². The summed E-state index contributed by atoms with van der Waals surface area (Å²) >= 11 is 6.00. The van der Waals surface area contributed by atoms with Crippen molar-refractivity contribution in [3.63, 3.8) is 0 Å². The zero-order valence-electron chi connectivity index (χ0n) is 18.3. The lowest BCUT2D eigenvalue weighted by atomic mass is 9.92. The molecule has 0 bridgehead atoms. The van der Waals surface area contributed by atoms with Crippen molar-refractivity contribution in [2.45, 2.75) is 19.3 Å². The Labute approximate surface area is 196 Å². The molecular formula is C25H24ClN5O2. The average Bonchev–Trinajstić information content (AvgIpc) is 3.27. The van der Waals surface area contributed by atoms with Crippen LogP contribution in [0.25, 0.3) is 22.5 Å². The average molecular weight is 462 g/mol. The number of hydrogen-bond donors (Lipinski definition) is 4. The third-order valence-electron chi connectivity index (χ3n) is 5.26. The number of halogens is 1. The van der Waals surface area contributed by atoms with E-state index in [1.54, 1.807) is 24.5 Å². The number of carbonyl (C=O) groups is 1. The molecule has 2 aromatic heterocycles. The molecule has 0 radical (unpaired) electrons. The second-order valence-corrected chi connectivity index (χ2v) is 8.68. The van der Waals surface area contributed by atoms with Gasteiger partial charge in [-0.3, -0.25) is 4.98 Å². The first kappa shape index (κ1) is 22.4. The van der Waals surface area contributed by atoms with Crippen molar-refractivity contribution >= 4 is 23.3 Å². The smallest absolute Gasteiger partial charge is 0.319 e. The monoisotopic (exact) mass is 461 g/mol. The summed E-state index contributed by atoms with van der Waals surface area (Å²) < 4.78 is 0. The standard InChI is InChI=1S/C25H24ClN5O2/c1-25(2,15-28-24(33)29-18-6-4-3-5-7-18)23-30-21(16-10-12-27-13-11-16)22(31-23)17-8-9-19(26)20(32)14-17/h3-14,32H,15H2,1-2H3,(H,30,31)(H2,28,29,33). The van der Waals surface area contributed by atoms with Crippen molar-refractivity contribution in [1.29, 1.82) is 0 Å². The second kappa shape index (κ2) is 9.34. The van der Waals surface area contributed by atoms with Gasteiger partial charge in [0.25, 0.3) is 0 Å². The first-order valence-electron chi connectivity index (χ1n) is 10.4. The van der Waals surface area contributed by atoms with E-state index in [0.29, 0.717) is 18.1 Å². The Morgan fingerprint density at radius 1 is 1.06 bits per heavy atom. The van der Waals surface area contributed by atoms with Gasteiger partial charge in [0, 0.05) is 41.2 Å². The fraction of sp³-hybridized carbons (Fsp3) is 0.160. The number of anilines is 1. The Bertz CT molecular complexity index is 1260. The van der Waals surface area contributed by atoms with Crippen LogP contribution in [-0.4, -0.2) is 32.6 Å². The predicted molar refractivity (Wildman–Crippen MR) is 130 cm³/mol. The maximum atomic E-state index is 12.4. The molecule has 7 nitrogen and oxygen atoms in total. The third-order valence-corrected chi connectivity index (χ3v) is 5.58. The number of rotatable bonds is 6. The minimum absolute atomic E-state index is 0.0158. The van der Waals surface area contributed by atoms with Crippen LogP contribution in [0.3, 0.4) is 0 Å². The molecule has 33 heavy (non-hydrogen) atoms. The number of aromatic hydroxyl groups is 1. The van der Waals surface area contributed by atoms with Crippen molar-refractivity contribution in [2.75, 3.05) is 11.9 Å². The molecule has 0 spiro atoms. The number of phenols is 1. The number of aromatic nitrogens is 3. The predicted octanol–water partition coefficient (Wildman–Crippen LogP) is 5.60. The highest BCUT2D eigenvalue weighted by Gasteiger charge is 2.28. The fourth-order valence-electron chi connectivity index (χ4n) is 3.37. The minimum Gasteiger partial charge on any atom is -0.506 e. The summed E-state index contributed by atoms with van der Waals surface area (Å²) in [5.41, 5.74) is 3.29. The molecule has 4 aromatic rings. The molecule has 0 saturated carbocycles. The number of aromatic amines is 1. The van der Waals surface area contributed by atoms with E-state index >= 15 is 0 Å². The van der Waals surface area contributed by atoms with Crippen molar-refractivity contribution in [2.24, 2.45) is 0 Å². The maximum Gasteiger partial charge on any atom is 0.319 e. The Morgan fingerprint density at radius 2 is 1.79 bits per heavy atom. The highest BCUT2D eigenvalue weighted by molar-refractivity contribution is 6.32. The molecule has 2 heterocycles. The molecule has 0 unspecified atom stereocenters. The number of nitrogens with one attached hydrogen (secondary N) is 3. The number of imidazole rings is 1. The lowest BCUT2D eigenvalue weighted by Crippen LogP contribution is -2.39. The van der Waals surface area contributed by atoms with Gasteiger partial charge in [-0.25, -0.2) is 9.78 Å². The van der Waals surface area contributed by atoms with Gasteiger partial charge in [0.1, 0.15) is 11.6 Å². The van der Waals surface area contributed by atoms with E-state index in [9.17, 15) is 9.90 Å². The zero-order chi connectivity index (χ0) is 23.4. The first-order valence-corrected chi connectivity index (χ1v) is 10.8. The number of amides is 2. The Kier molecular flexibility index (Phi) is 6.33. The normalized spacial score (nSPS) is 11.2. The third kappa shape index (κ3) is 5.15. The highest BCUT2D eigenvalue weighted by atomic mass is 35.5. The molecule has 2 amide bonds. The largest absolute Gasteiger partial charge is 0.506 e. The maximum absolute atomic E-state index is 12.4. The van der Waals surface area contributed by atoms with Gasteiger partial charge >= 0.3 is 6.03 Å². The van der Waals surface area contributed by atoms with E-state index in [0.717, 1.165) is 22.5 Å². The molecule has 2 aromatic carbocycles. The number of pyridine rings is 1. The van der Waals surface area contributed by atoms with E-state index in [1.807, 2.05) is 62.4 Å². The fourth-order valence-corrected chi connectivity index (χ4v) is 3.49. The van der Waals surface area contributed by atoms with Crippen LogP contribution in [0.15, 0.2) is 73.1 Å². The number of urea groups is 1. The Balaban J connectivity index is 1.62.